The summed E-state index contributed by atoms with van der Waals surface area (Å²) >= 11 is 0. The molecular weight excluding hydrogens is 288 g/mol. The lowest BCUT2D eigenvalue weighted by Crippen LogP contribution is -2.32. The van der Waals surface area contributed by atoms with Gasteiger partial charge in [0.05, 0.1) is 12.7 Å². The van der Waals surface area contributed by atoms with E-state index in [1.54, 1.807) is 0 Å². The highest BCUT2D eigenvalue weighted by Gasteiger charge is 2.04. The van der Waals surface area contributed by atoms with Gasteiger partial charge in [0.2, 0.25) is 0 Å². The summed E-state index contributed by atoms with van der Waals surface area (Å²) in [7, 11) is 0. The normalized spacial score (nSPS) is 10.3. The molecule has 0 aliphatic rings. The number of amides is 1. The Labute approximate surface area is 134 Å². The Morgan fingerprint density at radius 1 is 1.14 bits per heavy atom. The second-order valence-electron chi connectivity index (χ2n) is 5.06. The maximum Gasteiger partial charge on any atom is 0.251 e. The van der Waals surface area contributed by atoms with Gasteiger partial charge in [0, 0.05) is 18.7 Å². The molecular formula is C16H27ClN2O2. The van der Waals surface area contributed by atoms with Gasteiger partial charge >= 0.3 is 0 Å². The summed E-state index contributed by atoms with van der Waals surface area (Å²) in [6.07, 6.45) is 1.32. The minimum Gasteiger partial charge on any atom is -0.374 e. The van der Waals surface area contributed by atoms with Crippen molar-refractivity contribution in [1.29, 1.82) is 0 Å². The standard InChI is InChI=1S/C16H26N2O2.ClH/c1-4-9-17-10-11-18-16(19)15-7-5-14(6-8-15)12-20-13(2)3;/h5-8,13,17H,4,9-12H2,1-3H3,(H,18,19);1H. The van der Waals surface area contributed by atoms with Crippen LogP contribution < -0.4 is 10.6 Å². The molecule has 0 atom stereocenters. The van der Waals surface area contributed by atoms with Gasteiger partial charge in [-0.15, -0.1) is 12.4 Å². The molecule has 0 saturated heterocycles. The maximum absolute atomic E-state index is 11.9. The summed E-state index contributed by atoms with van der Waals surface area (Å²) in [5, 5.41) is 6.14. The Bertz CT molecular complexity index is 394. The van der Waals surface area contributed by atoms with E-state index >= 15 is 0 Å². The van der Waals surface area contributed by atoms with Gasteiger partial charge in [-0.25, -0.2) is 0 Å². The van der Waals surface area contributed by atoms with Crippen molar-refractivity contribution >= 4 is 18.3 Å². The monoisotopic (exact) mass is 314 g/mol. The molecule has 21 heavy (non-hydrogen) atoms. The van der Waals surface area contributed by atoms with E-state index in [-0.39, 0.29) is 24.4 Å². The molecule has 4 nitrogen and oxygen atoms in total. The third-order valence-corrected chi connectivity index (χ3v) is 2.81. The third kappa shape index (κ3) is 8.71. The first-order valence-electron chi connectivity index (χ1n) is 7.33. The third-order valence-electron chi connectivity index (χ3n) is 2.81. The van der Waals surface area contributed by atoms with Crippen LogP contribution in [-0.2, 0) is 11.3 Å². The molecule has 0 aromatic heterocycles. The molecule has 0 aliphatic heterocycles. The Balaban J connectivity index is 0.00000400. The second kappa shape index (κ2) is 11.5. The van der Waals surface area contributed by atoms with Crippen LogP contribution in [0, 0.1) is 0 Å². The first kappa shape index (κ1) is 19.9. The van der Waals surface area contributed by atoms with Crippen LogP contribution in [0.1, 0.15) is 43.1 Å². The zero-order chi connectivity index (χ0) is 14.8. The largest absolute Gasteiger partial charge is 0.374 e. The van der Waals surface area contributed by atoms with Gasteiger partial charge in [-0.1, -0.05) is 19.1 Å². The van der Waals surface area contributed by atoms with Crippen LogP contribution in [0.2, 0.25) is 0 Å². The van der Waals surface area contributed by atoms with Gasteiger partial charge in [0.25, 0.3) is 5.91 Å². The van der Waals surface area contributed by atoms with Crippen LogP contribution in [0.15, 0.2) is 24.3 Å². The van der Waals surface area contributed by atoms with Crippen molar-refractivity contribution < 1.29 is 9.53 Å². The molecule has 5 heteroatoms. The molecule has 1 amide bonds. The molecule has 2 N–H and O–H groups in total. The van der Waals surface area contributed by atoms with Crippen LogP contribution >= 0.6 is 12.4 Å². The van der Waals surface area contributed by atoms with E-state index in [9.17, 15) is 4.79 Å². The van der Waals surface area contributed by atoms with Crippen LogP contribution in [0.4, 0.5) is 0 Å². The van der Waals surface area contributed by atoms with Crippen LogP contribution in [0.25, 0.3) is 0 Å². The van der Waals surface area contributed by atoms with E-state index in [1.807, 2.05) is 38.1 Å². The van der Waals surface area contributed by atoms with Crippen LogP contribution in [-0.4, -0.2) is 31.6 Å². The fourth-order valence-electron chi connectivity index (χ4n) is 1.68. The predicted molar refractivity (Wildman–Crippen MR) is 89.1 cm³/mol. The molecule has 1 aromatic carbocycles. The molecule has 0 fully saturated rings. The van der Waals surface area contributed by atoms with Gasteiger partial charge < -0.3 is 15.4 Å². The smallest absolute Gasteiger partial charge is 0.251 e. The van der Waals surface area contributed by atoms with Crippen molar-refractivity contribution in [3.8, 4) is 0 Å². The van der Waals surface area contributed by atoms with Crippen molar-refractivity contribution in [2.24, 2.45) is 0 Å². The number of hydrogen-bond acceptors (Lipinski definition) is 3. The maximum atomic E-state index is 11.9. The summed E-state index contributed by atoms with van der Waals surface area (Å²) in [5.74, 6) is -0.0281. The minimum atomic E-state index is -0.0281. The first-order valence-corrected chi connectivity index (χ1v) is 7.33. The van der Waals surface area contributed by atoms with Crippen molar-refractivity contribution in [2.75, 3.05) is 19.6 Å². The van der Waals surface area contributed by atoms with Gasteiger partial charge in [0.15, 0.2) is 0 Å². The molecule has 0 aliphatic carbocycles. The molecule has 0 saturated carbocycles. The summed E-state index contributed by atoms with van der Waals surface area (Å²) in [5.41, 5.74) is 1.77. The molecule has 0 unspecified atom stereocenters. The molecule has 1 aromatic rings. The molecule has 1 rings (SSSR count). The topological polar surface area (TPSA) is 50.4 Å². The molecule has 0 bridgehead atoms. The van der Waals surface area contributed by atoms with Gasteiger partial charge in [-0.05, 0) is 44.5 Å². The highest BCUT2D eigenvalue weighted by atomic mass is 35.5. The number of halogens is 1. The van der Waals surface area contributed by atoms with Crippen molar-refractivity contribution in [3.63, 3.8) is 0 Å². The number of benzene rings is 1. The van der Waals surface area contributed by atoms with E-state index in [2.05, 4.69) is 17.6 Å². The Morgan fingerprint density at radius 2 is 1.81 bits per heavy atom. The fraction of sp³-hybridized carbons (Fsp3) is 0.562. The summed E-state index contributed by atoms with van der Waals surface area (Å²) < 4.78 is 5.52. The molecule has 0 radical (unpaired) electrons. The van der Waals surface area contributed by atoms with E-state index in [0.29, 0.717) is 18.7 Å². The average Bonchev–Trinajstić information content (AvgIpc) is 2.45. The lowest BCUT2D eigenvalue weighted by Gasteiger charge is -2.09. The number of ether oxygens (including phenoxy) is 1. The van der Waals surface area contributed by atoms with Gasteiger partial charge in [-0.2, -0.15) is 0 Å². The summed E-state index contributed by atoms with van der Waals surface area (Å²) in [4.78, 5) is 11.9. The zero-order valence-corrected chi connectivity index (χ0v) is 14.0. The fourth-order valence-corrected chi connectivity index (χ4v) is 1.68. The highest BCUT2D eigenvalue weighted by Crippen LogP contribution is 2.07. The van der Waals surface area contributed by atoms with E-state index in [1.165, 1.54) is 0 Å². The van der Waals surface area contributed by atoms with Crippen LogP contribution in [0.3, 0.4) is 0 Å². The Morgan fingerprint density at radius 3 is 2.38 bits per heavy atom. The van der Waals surface area contributed by atoms with Crippen molar-refractivity contribution in [2.45, 2.75) is 39.9 Å². The Hall–Kier alpha value is -1.10. The lowest BCUT2D eigenvalue weighted by atomic mass is 10.1. The molecule has 0 spiro atoms. The van der Waals surface area contributed by atoms with Gasteiger partial charge in [-0.3, -0.25) is 4.79 Å². The zero-order valence-electron chi connectivity index (χ0n) is 13.1. The van der Waals surface area contributed by atoms with Gasteiger partial charge in [0.1, 0.15) is 0 Å². The minimum absolute atomic E-state index is 0. The highest BCUT2D eigenvalue weighted by molar-refractivity contribution is 5.94. The van der Waals surface area contributed by atoms with Crippen molar-refractivity contribution in [3.05, 3.63) is 35.4 Å². The predicted octanol–water partition coefficient (Wildman–Crippen LogP) is 2.76. The number of hydrogen-bond donors (Lipinski definition) is 2. The summed E-state index contributed by atoms with van der Waals surface area (Å²) in [6, 6.07) is 7.56. The quantitative estimate of drug-likeness (QED) is 0.689. The van der Waals surface area contributed by atoms with Crippen LogP contribution in [0.5, 0.6) is 0 Å². The van der Waals surface area contributed by atoms with Crippen molar-refractivity contribution in [1.82, 2.24) is 10.6 Å². The second-order valence-corrected chi connectivity index (χ2v) is 5.06. The van der Waals surface area contributed by atoms with E-state index in [0.717, 1.165) is 25.1 Å². The number of carbonyl (C=O) groups excluding carboxylic acids is 1. The number of carbonyl (C=O) groups is 1. The average molecular weight is 315 g/mol. The number of nitrogens with one attached hydrogen (secondary N) is 2. The Kier molecular flexibility index (Phi) is 10.9. The number of rotatable bonds is 9. The summed E-state index contributed by atoms with van der Waals surface area (Å²) in [6.45, 7) is 9.16. The first-order chi connectivity index (χ1) is 9.63. The molecule has 0 heterocycles. The van der Waals surface area contributed by atoms with E-state index < -0.39 is 0 Å². The lowest BCUT2D eigenvalue weighted by molar-refractivity contribution is 0.0657. The SMILES string of the molecule is CCCNCCNC(=O)c1ccc(COC(C)C)cc1.Cl. The molecule has 120 valence electrons. The van der Waals surface area contributed by atoms with E-state index in [4.69, 9.17) is 4.74 Å².